The van der Waals surface area contributed by atoms with Gasteiger partial charge in [-0.25, -0.2) is 0 Å². The number of likely N-dealkylation sites (N-methyl/N-ethyl adjacent to an activating group) is 1. The van der Waals surface area contributed by atoms with Crippen LogP contribution in [-0.2, 0) is 20.9 Å². The second-order valence-electron chi connectivity index (χ2n) is 7.15. The van der Waals surface area contributed by atoms with E-state index in [1.54, 1.807) is 7.05 Å². The monoisotopic (exact) mass is 405 g/mol. The number of aromatic nitrogens is 2. The van der Waals surface area contributed by atoms with Crippen LogP contribution in [0.15, 0.2) is 4.52 Å². The van der Waals surface area contributed by atoms with Gasteiger partial charge in [0, 0.05) is 13.7 Å². The Bertz CT molecular complexity index is 594. The molecule has 156 valence electrons. The zero-order valence-corrected chi connectivity index (χ0v) is 17.7. The standard InChI is InChI=1S/C17H31N5O4.ClH/c1-10(2)9-25-12(5)16-20-13(26-21-16)8-22(6)14(23)7-19-17(24)15(18)11(3)4;/h10-12,15H,7-9,18H2,1-6H3,(H,19,24);1H/t12?,15-;/m0./s1. The van der Waals surface area contributed by atoms with Gasteiger partial charge in [-0.1, -0.05) is 32.9 Å². The Labute approximate surface area is 166 Å². The van der Waals surface area contributed by atoms with Crippen LogP contribution in [0, 0.1) is 11.8 Å². The maximum absolute atomic E-state index is 12.1. The van der Waals surface area contributed by atoms with Gasteiger partial charge in [-0.05, 0) is 18.8 Å². The summed E-state index contributed by atoms with van der Waals surface area (Å²) in [5.74, 6) is 0.529. The lowest BCUT2D eigenvalue weighted by Crippen LogP contribution is -2.47. The van der Waals surface area contributed by atoms with Crippen LogP contribution in [0.4, 0.5) is 0 Å². The molecule has 0 spiro atoms. The molecule has 0 radical (unpaired) electrons. The van der Waals surface area contributed by atoms with E-state index in [1.807, 2.05) is 20.8 Å². The smallest absolute Gasteiger partial charge is 0.246 e. The molecule has 0 aromatic carbocycles. The number of carbonyl (C=O) groups is 2. The van der Waals surface area contributed by atoms with Crippen molar-refractivity contribution in [3.05, 3.63) is 11.7 Å². The van der Waals surface area contributed by atoms with Gasteiger partial charge >= 0.3 is 0 Å². The maximum Gasteiger partial charge on any atom is 0.246 e. The summed E-state index contributed by atoms with van der Waals surface area (Å²) in [5, 5.41) is 6.43. The molecule has 1 rings (SSSR count). The van der Waals surface area contributed by atoms with Gasteiger partial charge in [-0.15, -0.1) is 12.4 Å². The molecule has 2 atom stereocenters. The Morgan fingerprint density at radius 2 is 1.89 bits per heavy atom. The van der Waals surface area contributed by atoms with Gasteiger partial charge < -0.3 is 25.2 Å². The first-order valence-corrected chi connectivity index (χ1v) is 8.83. The van der Waals surface area contributed by atoms with Crippen LogP contribution >= 0.6 is 12.4 Å². The highest BCUT2D eigenvalue weighted by Crippen LogP contribution is 2.15. The first-order valence-electron chi connectivity index (χ1n) is 8.83. The van der Waals surface area contributed by atoms with E-state index < -0.39 is 6.04 Å². The quantitative estimate of drug-likeness (QED) is 0.600. The van der Waals surface area contributed by atoms with E-state index in [-0.39, 0.29) is 49.3 Å². The summed E-state index contributed by atoms with van der Waals surface area (Å²) in [5.41, 5.74) is 5.74. The van der Waals surface area contributed by atoms with E-state index in [4.69, 9.17) is 15.0 Å². The summed E-state index contributed by atoms with van der Waals surface area (Å²) in [6.45, 7) is 10.3. The molecule has 0 aliphatic heterocycles. The molecular formula is C17H32ClN5O4. The van der Waals surface area contributed by atoms with Gasteiger partial charge in [0.1, 0.15) is 6.10 Å². The van der Waals surface area contributed by atoms with E-state index in [1.165, 1.54) is 4.90 Å². The predicted octanol–water partition coefficient (Wildman–Crippen LogP) is 1.28. The summed E-state index contributed by atoms with van der Waals surface area (Å²) in [6.07, 6.45) is -0.285. The summed E-state index contributed by atoms with van der Waals surface area (Å²) in [6, 6.07) is -0.640. The van der Waals surface area contributed by atoms with Gasteiger partial charge in [0.25, 0.3) is 0 Å². The van der Waals surface area contributed by atoms with Crippen molar-refractivity contribution in [3.63, 3.8) is 0 Å². The van der Waals surface area contributed by atoms with Gasteiger partial charge in [-0.3, -0.25) is 9.59 Å². The minimum atomic E-state index is -0.640. The molecule has 1 unspecified atom stereocenters. The van der Waals surface area contributed by atoms with E-state index in [0.717, 1.165) is 0 Å². The highest BCUT2D eigenvalue weighted by atomic mass is 35.5. The van der Waals surface area contributed by atoms with Crippen molar-refractivity contribution in [2.45, 2.75) is 53.3 Å². The average Bonchev–Trinajstić information content (AvgIpc) is 3.04. The van der Waals surface area contributed by atoms with Crippen molar-refractivity contribution < 1.29 is 18.8 Å². The third-order valence-electron chi connectivity index (χ3n) is 3.76. The van der Waals surface area contributed by atoms with Crippen molar-refractivity contribution >= 4 is 24.2 Å². The lowest BCUT2D eigenvalue weighted by atomic mass is 10.1. The second-order valence-corrected chi connectivity index (χ2v) is 7.15. The van der Waals surface area contributed by atoms with Gasteiger partial charge in [0.15, 0.2) is 5.82 Å². The minimum absolute atomic E-state index is 0. The van der Waals surface area contributed by atoms with E-state index in [0.29, 0.717) is 24.2 Å². The largest absolute Gasteiger partial charge is 0.370 e. The van der Waals surface area contributed by atoms with Gasteiger partial charge in [0.05, 0.1) is 19.1 Å². The molecule has 27 heavy (non-hydrogen) atoms. The summed E-state index contributed by atoms with van der Waals surface area (Å²) in [7, 11) is 1.60. The third-order valence-corrected chi connectivity index (χ3v) is 3.76. The highest BCUT2D eigenvalue weighted by Gasteiger charge is 2.20. The Morgan fingerprint density at radius 3 is 2.44 bits per heavy atom. The number of hydrogen-bond acceptors (Lipinski definition) is 7. The molecular weight excluding hydrogens is 374 g/mol. The molecule has 2 amide bonds. The van der Waals surface area contributed by atoms with Crippen LogP contribution < -0.4 is 11.1 Å². The number of nitrogens with zero attached hydrogens (tertiary/aromatic N) is 3. The Morgan fingerprint density at radius 1 is 1.26 bits per heavy atom. The van der Waals surface area contributed by atoms with Crippen molar-refractivity contribution in [1.82, 2.24) is 20.4 Å². The van der Waals surface area contributed by atoms with Gasteiger partial charge in [-0.2, -0.15) is 4.98 Å². The number of hydrogen-bond donors (Lipinski definition) is 2. The molecule has 0 aliphatic rings. The Balaban J connectivity index is 0.00000676. The molecule has 9 nitrogen and oxygen atoms in total. The molecule has 0 fully saturated rings. The third kappa shape index (κ3) is 8.68. The fraction of sp³-hybridized carbons (Fsp3) is 0.765. The molecule has 10 heteroatoms. The lowest BCUT2D eigenvalue weighted by molar-refractivity contribution is -0.133. The number of ether oxygens (including phenoxy) is 1. The topological polar surface area (TPSA) is 124 Å². The van der Waals surface area contributed by atoms with Crippen LogP contribution in [0.5, 0.6) is 0 Å². The number of rotatable bonds is 10. The van der Waals surface area contributed by atoms with Crippen LogP contribution in [0.25, 0.3) is 0 Å². The number of amides is 2. The molecule has 1 aromatic heterocycles. The SMILES string of the molecule is CC(C)COC(C)c1noc(CN(C)C(=O)CNC(=O)[C@@H](N)C(C)C)n1.Cl. The van der Waals surface area contributed by atoms with Gasteiger partial charge in [0.2, 0.25) is 17.7 Å². The molecule has 0 bridgehead atoms. The average molecular weight is 406 g/mol. The van der Waals surface area contributed by atoms with Crippen LogP contribution in [-0.4, -0.2) is 53.1 Å². The van der Waals surface area contributed by atoms with E-state index >= 15 is 0 Å². The molecule has 3 N–H and O–H groups in total. The van der Waals surface area contributed by atoms with E-state index in [2.05, 4.69) is 29.3 Å². The zero-order valence-electron chi connectivity index (χ0n) is 16.9. The zero-order chi connectivity index (χ0) is 19.9. The summed E-state index contributed by atoms with van der Waals surface area (Å²) in [4.78, 5) is 29.6. The fourth-order valence-corrected chi connectivity index (χ4v) is 1.92. The van der Waals surface area contributed by atoms with Crippen molar-refractivity contribution in [2.75, 3.05) is 20.2 Å². The minimum Gasteiger partial charge on any atom is -0.370 e. The van der Waals surface area contributed by atoms with Crippen molar-refractivity contribution in [1.29, 1.82) is 0 Å². The normalized spacial score (nSPS) is 13.2. The molecule has 1 heterocycles. The highest BCUT2D eigenvalue weighted by molar-refractivity contribution is 5.87. The van der Waals surface area contributed by atoms with Crippen molar-refractivity contribution in [2.24, 2.45) is 17.6 Å². The number of carbonyl (C=O) groups excluding carboxylic acids is 2. The summed E-state index contributed by atoms with van der Waals surface area (Å²) >= 11 is 0. The first kappa shape index (κ1) is 25.3. The molecule has 0 saturated carbocycles. The lowest BCUT2D eigenvalue weighted by Gasteiger charge is -2.18. The second kappa shape index (κ2) is 11.9. The Hall–Kier alpha value is -1.71. The van der Waals surface area contributed by atoms with Crippen LogP contribution in [0.2, 0.25) is 0 Å². The van der Waals surface area contributed by atoms with E-state index in [9.17, 15) is 9.59 Å². The predicted molar refractivity (Wildman–Crippen MR) is 103 cm³/mol. The molecule has 0 aliphatic carbocycles. The number of halogens is 1. The Kier molecular flexibility index (Phi) is 11.1. The van der Waals surface area contributed by atoms with Crippen LogP contribution in [0.3, 0.4) is 0 Å². The summed E-state index contributed by atoms with van der Waals surface area (Å²) < 4.78 is 10.8. The molecule has 1 aromatic rings. The number of nitrogens with one attached hydrogen (secondary N) is 1. The maximum atomic E-state index is 12.1. The molecule has 0 saturated heterocycles. The number of nitrogens with two attached hydrogens (primary N) is 1. The first-order chi connectivity index (χ1) is 12.1. The fourth-order valence-electron chi connectivity index (χ4n) is 1.92. The van der Waals surface area contributed by atoms with Crippen LogP contribution in [0.1, 0.15) is 52.4 Å². The van der Waals surface area contributed by atoms with Crippen molar-refractivity contribution in [3.8, 4) is 0 Å².